The maximum Gasteiger partial charge on any atom is 0.293 e. The molecule has 1 heterocycles. The van der Waals surface area contributed by atoms with Crippen molar-refractivity contribution >= 4 is 21.7 Å². The van der Waals surface area contributed by atoms with Crippen molar-refractivity contribution in [3.63, 3.8) is 0 Å². The lowest BCUT2D eigenvalue weighted by Gasteiger charge is -2.26. The molecule has 0 aliphatic heterocycles. The van der Waals surface area contributed by atoms with Gasteiger partial charge in [-0.15, -0.1) is 0 Å². The minimum Gasteiger partial charge on any atom is -0.350 e. The standard InChI is InChI=1S/C11H18BrN3O/c1-9(2)15(7-4-5-12)10-11(16)14(3)8-6-13-10/h6,8-9H,4-5,7H2,1-3H3. The number of aryl methyl sites for hydroxylation is 1. The zero-order valence-corrected chi connectivity index (χ0v) is 11.6. The summed E-state index contributed by atoms with van der Waals surface area (Å²) in [6.45, 7) is 4.99. The SMILES string of the molecule is CC(C)N(CCCBr)c1nccn(C)c1=O. The highest BCUT2D eigenvalue weighted by Gasteiger charge is 2.15. The van der Waals surface area contributed by atoms with Crippen molar-refractivity contribution in [3.05, 3.63) is 22.7 Å². The third-order valence-electron chi connectivity index (χ3n) is 2.43. The largest absolute Gasteiger partial charge is 0.350 e. The van der Waals surface area contributed by atoms with E-state index in [2.05, 4.69) is 34.8 Å². The molecule has 0 aromatic carbocycles. The van der Waals surface area contributed by atoms with Crippen molar-refractivity contribution < 1.29 is 0 Å². The first kappa shape index (κ1) is 13.2. The Bertz CT molecular complexity index is 389. The van der Waals surface area contributed by atoms with Crippen LogP contribution in [-0.2, 0) is 7.05 Å². The molecule has 1 aromatic heterocycles. The van der Waals surface area contributed by atoms with Gasteiger partial charge in [-0.05, 0) is 20.3 Å². The Hall–Kier alpha value is -0.840. The lowest BCUT2D eigenvalue weighted by Crippen LogP contribution is -2.38. The molecule has 0 unspecified atom stereocenters. The molecule has 1 aromatic rings. The van der Waals surface area contributed by atoms with Crippen LogP contribution < -0.4 is 10.5 Å². The van der Waals surface area contributed by atoms with Crippen LogP contribution >= 0.6 is 15.9 Å². The van der Waals surface area contributed by atoms with Crippen LogP contribution in [0.3, 0.4) is 0 Å². The van der Waals surface area contributed by atoms with Gasteiger partial charge in [0, 0.05) is 37.4 Å². The van der Waals surface area contributed by atoms with Gasteiger partial charge in [-0.3, -0.25) is 4.79 Å². The Balaban J connectivity index is 3.01. The zero-order valence-electron chi connectivity index (χ0n) is 9.98. The number of alkyl halides is 1. The first-order valence-electron chi connectivity index (χ1n) is 5.42. The molecular weight excluding hydrogens is 270 g/mol. The molecule has 0 amide bonds. The number of hydrogen-bond donors (Lipinski definition) is 0. The van der Waals surface area contributed by atoms with Gasteiger partial charge in [-0.1, -0.05) is 15.9 Å². The number of halogens is 1. The third kappa shape index (κ3) is 3.07. The van der Waals surface area contributed by atoms with Crippen LogP contribution in [0.4, 0.5) is 5.82 Å². The van der Waals surface area contributed by atoms with Crippen LogP contribution in [0.2, 0.25) is 0 Å². The van der Waals surface area contributed by atoms with Gasteiger partial charge in [0.1, 0.15) is 0 Å². The summed E-state index contributed by atoms with van der Waals surface area (Å²) >= 11 is 3.40. The Morgan fingerprint density at radius 1 is 1.56 bits per heavy atom. The molecule has 1 rings (SSSR count). The van der Waals surface area contributed by atoms with Crippen LogP contribution in [0.1, 0.15) is 20.3 Å². The Morgan fingerprint density at radius 3 is 2.81 bits per heavy atom. The van der Waals surface area contributed by atoms with Gasteiger partial charge >= 0.3 is 0 Å². The fourth-order valence-corrected chi connectivity index (χ4v) is 1.77. The molecule has 0 saturated carbocycles. The molecule has 4 nitrogen and oxygen atoms in total. The average molecular weight is 288 g/mol. The van der Waals surface area contributed by atoms with Crippen molar-refractivity contribution in [2.45, 2.75) is 26.3 Å². The van der Waals surface area contributed by atoms with Gasteiger partial charge in [0.25, 0.3) is 5.56 Å². The minimum atomic E-state index is -0.0363. The van der Waals surface area contributed by atoms with Crippen molar-refractivity contribution in [2.75, 3.05) is 16.8 Å². The molecule has 90 valence electrons. The van der Waals surface area contributed by atoms with Crippen LogP contribution in [0.5, 0.6) is 0 Å². The number of hydrogen-bond acceptors (Lipinski definition) is 3. The fourth-order valence-electron chi connectivity index (χ4n) is 1.52. The Morgan fingerprint density at radius 2 is 2.25 bits per heavy atom. The molecule has 0 saturated heterocycles. The summed E-state index contributed by atoms with van der Waals surface area (Å²) in [6, 6.07) is 0.279. The second kappa shape index (κ2) is 6.03. The molecule has 0 aliphatic carbocycles. The van der Waals surface area contributed by atoms with Crippen LogP contribution in [0.25, 0.3) is 0 Å². The van der Waals surface area contributed by atoms with Gasteiger partial charge in [-0.2, -0.15) is 0 Å². The minimum absolute atomic E-state index is 0.0363. The van der Waals surface area contributed by atoms with Crippen molar-refractivity contribution in [3.8, 4) is 0 Å². The lowest BCUT2D eigenvalue weighted by molar-refractivity contribution is 0.652. The topological polar surface area (TPSA) is 38.1 Å². The van der Waals surface area contributed by atoms with Crippen LogP contribution in [-0.4, -0.2) is 27.5 Å². The van der Waals surface area contributed by atoms with E-state index in [-0.39, 0.29) is 11.6 Å². The predicted octanol–water partition coefficient (Wildman–Crippen LogP) is 1.78. The summed E-state index contributed by atoms with van der Waals surface area (Å²) in [5, 5.41) is 0.934. The van der Waals surface area contributed by atoms with Crippen molar-refractivity contribution in [2.24, 2.45) is 7.05 Å². The van der Waals surface area contributed by atoms with E-state index in [1.165, 1.54) is 0 Å². The number of aromatic nitrogens is 2. The molecule has 0 aliphatic rings. The van der Waals surface area contributed by atoms with E-state index >= 15 is 0 Å². The summed E-state index contributed by atoms with van der Waals surface area (Å²) in [5.41, 5.74) is -0.0363. The maximum atomic E-state index is 11.9. The highest BCUT2D eigenvalue weighted by atomic mass is 79.9. The quantitative estimate of drug-likeness (QED) is 0.775. The highest BCUT2D eigenvalue weighted by molar-refractivity contribution is 9.09. The first-order chi connectivity index (χ1) is 7.57. The molecule has 5 heteroatoms. The molecule has 0 fully saturated rings. The van der Waals surface area contributed by atoms with E-state index in [0.717, 1.165) is 18.3 Å². The maximum absolute atomic E-state index is 11.9. The van der Waals surface area contributed by atoms with Crippen LogP contribution in [0.15, 0.2) is 17.2 Å². The number of nitrogens with zero attached hydrogens (tertiary/aromatic N) is 3. The second-order valence-corrected chi connectivity index (χ2v) is 4.79. The molecule has 0 N–H and O–H groups in total. The summed E-state index contributed by atoms with van der Waals surface area (Å²) in [5.74, 6) is 0.543. The number of anilines is 1. The van der Waals surface area contributed by atoms with Gasteiger partial charge < -0.3 is 9.47 Å². The summed E-state index contributed by atoms with van der Waals surface area (Å²) in [4.78, 5) is 18.2. The lowest BCUT2D eigenvalue weighted by atomic mass is 10.3. The highest BCUT2D eigenvalue weighted by Crippen LogP contribution is 2.09. The monoisotopic (exact) mass is 287 g/mol. The Kier molecular flexibility index (Phi) is 4.99. The summed E-state index contributed by atoms with van der Waals surface area (Å²) in [6.07, 6.45) is 4.34. The molecule has 16 heavy (non-hydrogen) atoms. The molecule has 0 radical (unpaired) electrons. The smallest absolute Gasteiger partial charge is 0.293 e. The van der Waals surface area contributed by atoms with Gasteiger partial charge in [0.05, 0.1) is 0 Å². The molecule has 0 bridgehead atoms. The van der Waals surface area contributed by atoms with Crippen LogP contribution in [0, 0.1) is 0 Å². The summed E-state index contributed by atoms with van der Waals surface area (Å²) in [7, 11) is 1.75. The van der Waals surface area contributed by atoms with Crippen molar-refractivity contribution in [1.29, 1.82) is 0 Å². The van der Waals surface area contributed by atoms with E-state index in [9.17, 15) is 4.79 Å². The average Bonchev–Trinajstić information content (AvgIpc) is 2.24. The van der Waals surface area contributed by atoms with E-state index in [4.69, 9.17) is 0 Å². The normalized spacial score (nSPS) is 10.8. The summed E-state index contributed by atoms with van der Waals surface area (Å²) < 4.78 is 1.56. The molecule has 0 atom stereocenters. The van der Waals surface area contributed by atoms with E-state index in [1.807, 2.05) is 4.90 Å². The zero-order chi connectivity index (χ0) is 12.1. The molecule has 0 spiro atoms. The van der Waals surface area contributed by atoms with E-state index in [1.54, 1.807) is 24.0 Å². The third-order valence-corrected chi connectivity index (χ3v) is 2.99. The number of rotatable bonds is 5. The second-order valence-electron chi connectivity index (χ2n) is 4.00. The molecular formula is C11H18BrN3O. The fraction of sp³-hybridized carbons (Fsp3) is 0.636. The van der Waals surface area contributed by atoms with E-state index in [0.29, 0.717) is 5.82 Å². The van der Waals surface area contributed by atoms with Gasteiger partial charge in [0.15, 0.2) is 5.82 Å². The van der Waals surface area contributed by atoms with Gasteiger partial charge in [0.2, 0.25) is 0 Å². The van der Waals surface area contributed by atoms with Crippen molar-refractivity contribution in [1.82, 2.24) is 9.55 Å². The predicted molar refractivity (Wildman–Crippen MR) is 70.4 cm³/mol. The van der Waals surface area contributed by atoms with Gasteiger partial charge in [-0.25, -0.2) is 4.98 Å². The Labute approximate surface area is 104 Å². The first-order valence-corrected chi connectivity index (χ1v) is 6.54. The van der Waals surface area contributed by atoms with E-state index < -0.39 is 0 Å².